The molecule has 0 bridgehead atoms. The zero-order valence-corrected chi connectivity index (χ0v) is 10.4. The van der Waals surface area contributed by atoms with E-state index >= 15 is 0 Å². The van der Waals surface area contributed by atoms with Crippen LogP contribution in [0.15, 0.2) is 42.1 Å². The predicted octanol–water partition coefficient (Wildman–Crippen LogP) is 1.78. The first-order chi connectivity index (χ1) is 9.15. The van der Waals surface area contributed by atoms with E-state index in [1.165, 1.54) is 11.3 Å². The summed E-state index contributed by atoms with van der Waals surface area (Å²) < 4.78 is 0. The second-order valence-corrected chi connectivity index (χ2v) is 4.29. The molecular weight excluding hydrogens is 266 g/mol. The van der Waals surface area contributed by atoms with Crippen molar-refractivity contribution in [1.29, 1.82) is 0 Å². The highest BCUT2D eigenvalue weighted by atomic mass is 32.1. The Bertz CT molecular complexity index is 622. The van der Waals surface area contributed by atoms with Crippen LogP contribution in [0.4, 0.5) is 5.13 Å². The molecule has 2 N–H and O–H groups in total. The number of nitrogens with one attached hydrogen (secondary N) is 1. The van der Waals surface area contributed by atoms with E-state index in [-0.39, 0.29) is 0 Å². The zero-order chi connectivity index (χ0) is 13.7. The van der Waals surface area contributed by atoms with E-state index in [1.54, 1.807) is 17.8 Å². The fraction of sp³-hybridized carbons (Fsp3) is 0. The summed E-state index contributed by atoms with van der Waals surface area (Å²) in [6.07, 6.45) is 5.02. The molecule has 19 heavy (non-hydrogen) atoms. The van der Waals surface area contributed by atoms with E-state index in [2.05, 4.69) is 15.3 Å². The Balaban J connectivity index is 2.06. The van der Waals surface area contributed by atoms with E-state index in [0.717, 1.165) is 23.4 Å². The molecule has 0 radical (unpaired) electrons. The number of rotatable bonds is 4. The smallest absolute Gasteiger partial charge is 0.328 e. The molecule has 2 rings (SSSR count). The summed E-state index contributed by atoms with van der Waals surface area (Å²) in [4.78, 5) is 29.8. The third kappa shape index (κ3) is 3.71. The van der Waals surface area contributed by atoms with Gasteiger partial charge in [0.25, 0.3) is 0 Å². The first-order valence-electron chi connectivity index (χ1n) is 5.23. The number of amides is 1. The number of aliphatic carboxylic acids is 1. The number of hydrogen-bond donors (Lipinski definition) is 2. The standard InChI is InChI=1S/C12H9N3O3S/c16-10(1-2-11(17)18)15-12-14-9(7-19-12)8-3-5-13-6-4-8/h1-7H,(H,17,18)(H,14,15,16)/b2-1+. The lowest BCUT2D eigenvalue weighted by molar-refractivity contribution is -0.131. The predicted molar refractivity (Wildman–Crippen MR) is 70.8 cm³/mol. The largest absolute Gasteiger partial charge is 0.478 e. The van der Waals surface area contributed by atoms with Gasteiger partial charge in [0.1, 0.15) is 0 Å². The molecule has 6 nitrogen and oxygen atoms in total. The molecule has 0 spiro atoms. The Labute approximate surface area is 112 Å². The van der Waals surface area contributed by atoms with Gasteiger partial charge in [-0.1, -0.05) is 0 Å². The van der Waals surface area contributed by atoms with Crippen molar-refractivity contribution in [2.24, 2.45) is 0 Å². The molecule has 0 fully saturated rings. The molecule has 2 heterocycles. The van der Waals surface area contributed by atoms with Gasteiger partial charge in [-0.3, -0.25) is 15.1 Å². The van der Waals surface area contributed by atoms with E-state index in [4.69, 9.17) is 5.11 Å². The number of anilines is 1. The maximum atomic E-state index is 11.4. The van der Waals surface area contributed by atoms with E-state index in [1.807, 2.05) is 12.1 Å². The highest BCUT2D eigenvalue weighted by molar-refractivity contribution is 7.14. The lowest BCUT2D eigenvalue weighted by atomic mass is 10.2. The van der Waals surface area contributed by atoms with Crippen molar-refractivity contribution < 1.29 is 14.7 Å². The summed E-state index contributed by atoms with van der Waals surface area (Å²) in [5.74, 6) is -1.70. The fourth-order valence-electron chi connectivity index (χ4n) is 1.28. The van der Waals surface area contributed by atoms with Crippen LogP contribution in [0.5, 0.6) is 0 Å². The molecule has 0 atom stereocenters. The van der Waals surface area contributed by atoms with Crippen LogP contribution < -0.4 is 5.32 Å². The number of pyridine rings is 1. The summed E-state index contributed by atoms with van der Waals surface area (Å²) in [7, 11) is 0. The normalized spacial score (nSPS) is 10.5. The summed E-state index contributed by atoms with van der Waals surface area (Å²) in [6, 6.07) is 3.62. The Morgan fingerprint density at radius 3 is 2.68 bits per heavy atom. The third-order valence-corrected chi connectivity index (χ3v) is 2.85. The zero-order valence-electron chi connectivity index (χ0n) is 9.61. The SMILES string of the molecule is O=C(O)/C=C/C(=O)Nc1nc(-c2ccncc2)cs1. The lowest BCUT2D eigenvalue weighted by Crippen LogP contribution is -2.08. The van der Waals surface area contributed by atoms with Gasteiger partial charge in [0.2, 0.25) is 5.91 Å². The summed E-state index contributed by atoms with van der Waals surface area (Å²) in [5, 5.41) is 13.1. The average molecular weight is 275 g/mol. The minimum atomic E-state index is -1.17. The number of thiazole rings is 1. The van der Waals surface area contributed by atoms with Crippen LogP contribution >= 0.6 is 11.3 Å². The van der Waals surface area contributed by atoms with Crippen molar-refractivity contribution in [3.63, 3.8) is 0 Å². The van der Waals surface area contributed by atoms with Crippen LogP contribution in [0.25, 0.3) is 11.3 Å². The molecule has 96 valence electrons. The van der Waals surface area contributed by atoms with Crippen molar-refractivity contribution in [2.45, 2.75) is 0 Å². The minimum absolute atomic E-state index is 0.409. The number of carbonyl (C=O) groups is 2. The molecule has 2 aromatic rings. The Morgan fingerprint density at radius 1 is 1.26 bits per heavy atom. The summed E-state index contributed by atoms with van der Waals surface area (Å²) in [5.41, 5.74) is 1.62. The molecule has 0 saturated carbocycles. The number of carboxylic acids is 1. The average Bonchev–Trinajstić information content (AvgIpc) is 2.86. The van der Waals surface area contributed by atoms with Gasteiger partial charge in [-0.15, -0.1) is 11.3 Å². The van der Waals surface area contributed by atoms with Crippen LogP contribution in [0.2, 0.25) is 0 Å². The second kappa shape index (κ2) is 5.87. The van der Waals surface area contributed by atoms with Gasteiger partial charge in [-0.25, -0.2) is 9.78 Å². The maximum absolute atomic E-state index is 11.4. The van der Waals surface area contributed by atoms with Crippen molar-refractivity contribution in [3.8, 4) is 11.3 Å². The van der Waals surface area contributed by atoms with Crippen LogP contribution in [0, 0.1) is 0 Å². The molecule has 0 saturated heterocycles. The molecule has 0 aliphatic rings. The van der Waals surface area contributed by atoms with E-state index in [9.17, 15) is 9.59 Å². The summed E-state index contributed by atoms with van der Waals surface area (Å²) in [6.45, 7) is 0. The van der Waals surface area contributed by atoms with Gasteiger partial charge in [0.05, 0.1) is 5.69 Å². The van der Waals surface area contributed by atoms with E-state index < -0.39 is 11.9 Å². The first-order valence-corrected chi connectivity index (χ1v) is 6.11. The highest BCUT2D eigenvalue weighted by Crippen LogP contribution is 2.24. The van der Waals surface area contributed by atoms with Crippen molar-refractivity contribution >= 4 is 28.3 Å². The molecule has 0 aliphatic carbocycles. The highest BCUT2D eigenvalue weighted by Gasteiger charge is 2.06. The summed E-state index contributed by atoms with van der Waals surface area (Å²) >= 11 is 1.26. The number of carbonyl (C=O) groups excluding carboxylic acids is 1. The number of carboxylic acid groups (broad SMARTS) is 1. The van der Waals surface area contributed by atoms with Crippen LogP contribution in [0.1, 0.15) is 0 Å². The molecule has 0 aromatic carbocycles. The topological polar surface area (TPSA) is 92.2 Å². The lowest BCUT2D eigenvalue weighted by Gasteiger charge is -1.96. The Kier molecular flexibility index (Phi) is 3.99. The number of aromatic nitrogens is 2. The quantitative estimate of drug-likeness (QED) is 0.830. The maximum Gasteiger partial charge on any atom is 0.328 e. The van der Waals surface area contributed by atoms with Crippen LogP contribution in [0.3, 0.4) is 0 Å². The van der Waals surface area contributed by atoms with Gasteiger partial charge in [-0.05, 0) is 12.1 Å². The molecular formula is C12H9N3O3S. The Morgan fingerprint density at radius 2 is 2.00 bits per heavy atom. The number of hydrogen-bond acceptors (Lipinski definition) is 5. The fourth-order valence-corrected chi connectivity index (χ4v) is 2.00. The van der Waals surface area contributed by atoms with Crippen molar-refractivity contribution in [1.82, 2.24) is 9.97 Å². The molecule has 0 aliphatic heterocycles. The number of nitrogens with zero attached hydrogens (tertiary/aromatic N) is 2. The van der Waals surface area contributed by atoms with Gasteiger partial charge < -0.3 is 5.11 Å². The van der Waals surface area contributed by atoms with Crippen molar-refractivity contribution in [3.05, 3.63) is 42.1 Å². The molecule has 2 aromatic heterocycles. The molecule has 1 amide bonds. The van der Waals surface area contributed by atoms with Crippen LogP contribution in [-0.4, -0.2) is 27.0 Å². The molecule has 7 heteroatoms. The molecule has 0 unspecified atom stereocenters. The van der Waals surface area contributed by atoms with Crippen molar-refractivity contribution in [2.75, 3.05) is 5.32 Å². The van der Waals surface area contributed by atoms with Gasteiger partial charge >= 0.3 is 5.97 Å². The second-order valence-electron chi connectivity index (χ2n) is 3.43. The third-order valence-electron chi connectivity index (χ3n) is 2.09. The first kappa shape index (κ1) is 12.9. The Hall–Kier alpha value is -2.54. The van der Waals surface area contributed by atoms with E-state index in [0.29, 0.717) is 5.13 Å². The minimum Gasteiger partial charge on any atom is -0.478 e. The van der Waals surface area contributed by atoms with Gasteiger partial charge in [0.15, 0.2) is 5.13 Å². The monoisotopic (exact) mass is 275 g/mol. The van der Waals surface area contributed by atoms with Gasteiger partial charge in [-0.2, -0.15) is 0 Å². The van der Waals surface area contributed by atoms with Crippen LogP contribution in [-0.2, 0) is 9.59 Å². The van der Waals surface area contributed by atoms with Gasteiger partial charge in [0, 0.05) is 35.5 Å².